The van der Waals surface area contributed by atoms with E-state index in [0.717, 1.165) is 43.5 Å². The van der Waals surface area contributed by atoms with Crippen LogP contribution < -0.4 is 0 Å². The second kappa shape index (κ2) is 5.77. The van der Waals surface area contributed by atoms with E-state index >= 15 is 0 Å². The topological polar surface area (TPSA) is 84.8 Å². The molecule has 0 unspecified atom stereocenters. The number of nitrogens with zero attached hydrogens (tertiary/aromatic N) is 6. The number of H-pyrrole nitrogens is 1. The van der Waals surface area contributed by atoms with Crippen molar-refractivity contribution in [3.63, 3.8) is 0 Å². The number of hydrogen-bond acceptors (Lipinski definition) is 6. The Labute approximate surface area is 128 Å². The van der Waals surface area contributed by atoms with Crippen LogP contribution in [0.1, 0.15) is 30.1 Å². The maximum Gasteiger partial charge on any atom is 0.0967 e. The van der Waals surface area contributed by atoms with Gasteiger partial charge in [-0.2, -0.15) is 15.4 Å². The minimum absolute atomic E-state index is 0.145. The van der Waals surface area contributed by atoms with Gasteiger partial charge in [-0.25, -0.2) is 0 Å². The Kier molecular flexibility index (Phi) is 3.63. The zero-order valence-corrected chi connectivity index (χ0v) is 12.7. The molecule has 1 aliphatic carbocycles. The molecule has 1 aliphatic heterocycles. The Balaban J connectivity index is 1.39. The SMILES string of the molecule is CO[C@@H]1CN(Cc2cn(CC3CC3)nn2)C[C@H]1c1cn[nH]n1. The van der Waals surface area contributed by atoms with Crippen LogP contribution in [-0.4, -0.2) is 61.6 Å². The smallest absolute Gasteiger partial charge is 0.0967 e. The number of hydrogen-bond donors (Lipinski definition) is 1. The summed E-state index contributed by atoms with van der Waals surface area (Å²) < 4.78 is 7.60. The van der Waals surface area contributed by atoms with Gasteiger partial charge in [0, 0.05) is 45.4 Å². The number of aromatic nitrogens is 6. The van der Waals surface area contributed by atoms with Crippen molar-refractivity contribution < 1.29 is 4.74 Å². The third-order valence-electron chi connectivity index (χ3n) is 4.57. The Bertz CT molecular complexity index is 606. The van der Waals surface area contributed by atoms with Crippen molar-refractivity contribution >= 4 is 0 Å². The van der Waals surface area contributed by atoms with E-state index in [0.29, 0.717) is 0 Å². The molecule has 0 aromatic carbocycles. The molecule has 0 bridgehead atoms. The van der Waals surface area contributed by atoms with Gasteiger partial charge in [0.15, 0.2) is 0 Å². The van der Waals surface area contributed by atoms with E-state index < -0.39 is 0 Å². The zero-order chi connectivity index (χ0) is 14.9. The van der Waals surface area contributed by atoms with Crippen LogP contribution in [0.4, 0.5) is 0 Å². The van der Waals surface area contributed by atoms with Crippen molar-refractivity contribution in [2.75, 3.05) is 20.2 Å². The maximum absolute atomic E-state index is 5.62. The van der Waals surface area contributed by atoms with E-state index in [-0.39, 0.29) is 12.0 Å². The Morgan fingerprint density at radius 2 is 2.27 bits per heavy atom. The van der Waals surface area contributed by atoms with Gasteiger partial charge in [0.1, 0.15) is 0 Å². The first-order valence-corrected chi connectivity index (χ1v) is 7.81. The van der Waals surface area contributed by atoms with Crippen LogP contribution in [-0.2, 0) is 17.8 Å². The Hall–Kier alpha value is -1.80. The summed E-state index contributed by atoms with van der Waals surface area (Å²) in [6, 6.07) is 0. The molecule has 1 saturated carbocycles. The number of ether oxygens (including phenoxy) is 1. The van der Waals surface area contributed by atoms with Gasteiger partial charge < -0.3 is 4.74 Å². The number of rotatable bonds is 6. The standard InChI is InChI=1S/C14H21N7O/c1-22-14-9-20(8-12(14)13-4-15-18-17-13)6-11-7-21(19-16-11)5-10-2-3-10/h4,7,10,12,14H,2-3,5-6,8-9H2,1H3,(H,15,17,18)/t12-,14+/m0/s1. The average molecular weight is 303 g/mol. The van der Waals surface area contributed by atoms with Gasteiger partial charge in [-0.05, 0) is 18.8 Å². The molecule has 0 radical (unpaired) electrons. The molecule has 2 aromatic heterocycles. The molecule has 2 aromatic rings. The maximum atomic E-state index is 5.62. The van der Waals surface area contributed by atoms with E-state index in [1.807, 2.05) is 4.68 Å². The summed E-state index contributed by atoms with van der Waals surface area (Å²) >= 11 is 0. The van der Waals surface area contributed by atoms with Crippen molar-refractivity contribution in [3.8, 4) is 0 Å². The predicted molar refractivity (Wildman–Crippen MR) is 77.9 cm³/mol. The first-order chi connectivity index (χ1) is 10.8. The van der Waals surface area contributed by atoms with Gasteiger partial charge >= 0.3 is 0 Å². The van der Waals surface area contributed by atoms with Crippen molar-refractivity contribution in [1.29, 1.82) is 0 Å². The Morgan fingerprint density at radius 3 is 3.00 bits per heavy atom. The molecule has 2 fully saturated rings. The van der Waals surface area contributed by atoms with E-state index in [2.05, 4.69) is 36.8 Å². The second-order valence-electron chi connectivity index (χ2n) is 6.34. The number of aromatic amines is 1. The summed E-state index contributed by atoms with van der Waals surface area (Å²) in [5.41, 5.74) is 1.99. The van der Waals surface area contributed by atoms with Gasteiger partial charge in [0.25, 0.3) is 0 Å². The summed E-state index contributed by atoms with van der Waals surface area (Å²) in [6.45, 7) is 3.60. The molecule has 4 rings (SSSR count). The molecule has 118 valence electrons. The van der Waals surface area contributed by atoms with Crippen molar-refractivity contribution in [2.45, 2.75) is 38.0 Å². The fourth-order valence-electron chi connectivity index (χ4n) is 3.19. The van der Waals surface area contributed by atoms with E-state index in [1.165, 1.54) is 12.8 Å². The number of methoxy groups -OCH3 is 1. The molecule has 8 nitrogen and oxygen atoms in total. The van der Waals surface area contributed by atoms with Crippen LogP contribution >= 0.6 is 0 Å². The third-order valence-corrected chi connectivity index (χ3v) is 4.57. The molecule has 3 heterocycles. The van der Waals surface area contributed by atoms with E-state index in [4.69, 9.17) is 4.74 Å². The Morgan fingerprint density at radius 1 is 1.36 bits per heavy atom. The average Bonchev–Trinajstić information content (AvgIpc) is 2.97. The van der Waals surface area contributed by atoms with Crippen LogP contribution in [0.15, 0.2) is 12.4 Å². The second-order valence-corrected chi connectivity index (χ2v) is 6.34. The van der Waals surface area contributed by atoms with E-state index in [9.17, 15) is 0 Å². The van der Waals surface area contributed by atoms with Crippen molar-refractivity contribution in [1.82, 2.24) is 35.3 Å². The summed E-state index contributed by atoms with van der Waals surface area (Å²) in [6.07, 6.45) is 6.66. The van der Waals surface area contributed by atoms with E-state index in [1.54, 1.807) is 13.3 Å². The molecular weight excluding hydrogens is 282 g/mol. The normalized spacial score (nSPS) is 25.9. The molecule has 2 aliphatic rings. The fourth-order valence-corrected chi connectivity index (χ4v) is 3.19. The van der Waals surface area contributed by atoms with Gasteiger partial charge in [0.05, 0.1) is 23.7 Å². The molecule has 1 saturated heterocycles. The minimum Gasteiger partial charge on any atom is -0.379 e. The predicted octanol–water partition coefficient (Wildman–Crippen LogP) is 0.421. The van der Waals surface area contributed by atoms with Crippen LogP contribution in [0, 0.1) is 5.92 Å². The van der Waals surface area contributed by atoms with Gasteiger partial charge in [-0.15, -0.1) is 5.10 Å². The lowest BCUT2D eigenvalue weighted by molar-refractivity contribution is 0.0956. The minimum atomic E-state index is 0.145. The number of nitrogens with one attached hydrogen (secondary N) is 1. The van der Waals surface area contributed by atoms with Crippen LogP contribution in [0.25, 0.3) is 0 Å². The lowest BCUT2D eigenvalue weighted by Crippen LogP contribution is -2.22. The molecule has 1 N–H and O–H groups in total. The number of likely N-dealkylation sites (tertiary alicyclic amines) is 1. The van der Waals surface area contributed by atoms with Crippen molar-refractivity contribution in [3.05, 3.63) is 23.8 Å². The summed E-state index contributed by atoms with van der Waals surface area (Å²) in [5, 5.41) is 19.3. The quantitative estimate of drug-likeness (QED) is 0.832. The zero-order valence-electron chi connectivity index (χ0n) is 12.7. The molecule has 2 atom stereocenters. The summed E-state index contributed by atoms with van der Waals surface area (Å²) in [5.74, 6) is 1.07. The molecule has 0 amide bonds. The highest BCUT2D eigenvalue weighted by molar-refractivity contribution is 5.10. The van der Waals surface area contributed by atoms with Gasteiger partial charge in [0.2, 0.25) is 0 Å². The van der Waals surface area contributed by atoms with Crippen LogP contribution in [0.5, 0.6) is 0 Å². The van der Waals surface area contributed by atoms with Crippen LogP contribution in [0.3, 0.4) is 0 Å². The van der Waals surface area contributed by atoms with Crippen molar-refractivity contribution in [2.24, 2.45) is 5.92 Å². The lowest BCUT2D eigenvalue weighted by atomic mass is 10.0. The molecular formula is C14H21N7O. The largest absolute Gasteiger partial charge is 0.379 e. The highest BCUT2D eigenvalue weighted by Crippen LogP contribution is 2.31. The first-order valence-electron chi connectivity index (χ1n) is 7.81. The van der Waals surface area contributed by atoms with Gasteiger partial charge in [-0.1, -0.05) is 5.21 Å². The lowest BCUT2D eigenvalue weighted by Gasteiger charge is -2.13. The molecule has 8 heteroatoms. The van der Waals surface area contributed by atoms with Crippen LogP contribution in [0.2, 0.25) is 0 Å². The summed E-state index contributed by atoms with van der Waals surface area (Å²) in [4.78, 5) is 2.35. The summed E-state index contributed by atoms with van der Waals surface area (Å²) in [7, 11) is 1.76. The first kappa shape index (κ1) is 13.8. The highest BCUT2D eigenvalue weighted by Gasteiger charge is 2.35. The molecule has 22 heavy (non-hydrogen) atoms. The van der Waals surface area contributed by atoms with Gasteiger partial charge in [-0.3, -0.25) is 9.58 Å². The molecule has 0 spiro atoms. The monoisotopic (exact) mass is 303 g/mol. The highest BCUT2D eigenvalue weighted by atomic mass is 16.5. The fraction of sp³-hybridized carbons (Fsp3) is 0.714. The third kappa shape index (κ3) is 2.89.